The average molecular weight is 303 g/mol. The summed E-state index contributed by atoms with van der Waals surface area (Å²) in [5, 5.41) is 4.10. The predicted molar refractivity (Wildman–Crippen MR) is 85.2 cm³/mol. The summed E-state index contributed by atoms with van der Waals surface area (Å²) in [7, 11) is 1.64. The molecule has 2 rings (SSSR count). The highest BCUT2D eigenvalue weighted by atomic mass is 16.5. The lowest BCUT2D eigenvalue weighted by atomic mass is 10.1. The monoisotopic (exact) mass is 303 g/mol. The molecule has 0 aliphatic carbocycles. The molecule has 6 nitrogen and oxygen atoms in total. The number of rotatable bonds is 6. The van der Waals surface area contributed by atoms with Crippen molar-refractivity contribution in [2.24, 2.45) is 0 Å². The SMILES string of the molecule is CCOC(=O)c1cnc2nc(C)ccc2c1NC(C)COC. The van der Waals surface area contributed by atoms with E-state index in [9.17, 15) is 4.79 Å². The van der Waals surface area contributed by atoms with E-state index in [1.807, 2.05) is 26.0 Å². The molecule has 0 aromatic carbocycles. The van der Waals surface area contributed by atoms with Gasteiger partial charge in [-0.1, -0.05) is 0 Å². The first-order chi connectivity index (χ1) is 10.6. The Morgan fingerprint density at radius 2 is 2.18 bits per heavy atom. The third kappa shape index (κ3) is 3.51. The van der Waals surface area contributed by atoms with Crippen LogP contribution in [0.15, 0.2) is 18.3 Å². The second-order valence-corrected chi connectivity index (χ2v) is 5.09. The fourth-order valence-electron chi connectivity index (χ4n) is 2.23. The van der Waals surface area contributed by atoms with Gasteiger partial charge in [0.05, 0.1) is 18.9 Å². The largest absolute Gasteiger partial charge is 0.462 e. The molecule has 2 aromatic heterocycles. The summed E-state index contributed by atoms with van der Waals surface area (Å²) >= 11 is 0. The van der Waals surface area contributed by atoms with E-state index in [0.717, 1.165) is 11.1 Å². The van der Waals surface area contributed by atoms with Crippen molar-refractivity contribution in [3.8, 4) is 0 Å². The Labute approximate surface area is 129 Å². The van der Waals surface area contributed by atoms with Crippen molar-refractivity contribution in [3.05, 3.63) is 29.6 Å². The summed E-state index contributed by atoms with van der Waals surface area (Å²) in [5.41, 5.74) is 2.56. The number of anilines is 1. The Morgan fingerprint density at radius 3 is 2.86 bits per heavy atom. The molecule has 6 heteroatoms. The van der Waals surface area contributed by atoms with Crippen LogP contribution in [0.5, 0.6) is 0 Å². The summed E-state index contributed by atoms with van der Waals surface area (Å²) in [6.07, 6.45) is 1.51. The van der Waals surface area contributed by atoms with Crippen molar-refractivity contribution in [1.82, 2.24) is 9.97 Å². The maximum Gasteiger partial charge on any atom is 0.341 e. The molecule has 22 heavy (non-hydrogen) atoms. The second kappa shape index (κ2) is 7.17. The van der Waals surface area contributed by atoms with E-state index in [2.05, 4.69) is 15.3 Å². The van der Waals surface area contributed by atoms with Crippen molar-refractivity contribution in [3.63, 3.8) is 0 Å². The number of methoxy groups -OCH3 is 1. The summed E-state index contributed by atoms with van der Waals surface area (Å²) in [6, 6.07) is 3.84. The lowest BCUT2D eigenvalue weighted by molar-refractivity contribution is 0.0527. The Hall–Kier alpha value is -2.21. The van der Waals surface area contributed by atoms with Crippen molar-refractivity contribution < 1.29 is 14.3 Å². The number of pyridine rings is 2. The fourth-order valence-corrected chi connectivity index (χ4v) is 2.23. The number of hydrogen-bond donors (Lipinski definition) is 1. The molecule has 0 saturated heterocycles. The fraction of sp³-hybridized carbons (Fsp3) is 0.438. The second-order valence-electron chi connectivity index (χ2n) is 5.09. The van der Waals surface area contributed by atoms with E-state index < -0.39 is 5.97 Å². The summed E-state index contributed by atoms with van der Waals surface area (Å²) in [5.74, 6) is -0.399. The van der Waals surface area contributed by atoms with Crippen molar-refractivity contribution in [2.75, 3.05) is 25.6 Å². The number of carbonyl (C=O) groups excluding carboxylic acids is 1. The third-order valence-electron chi connectivity index (χ3n) is 3.17. The molecule has 0 aliphatic heterocycles. The number of aryl methyl sites for hydroxylation is 1. The van der Waals surface area contributed by atoms with Gasteiger partial charge >= 0.3 is 5.97 Å². The number of nitrogens with one attached hydrogen (secondary N) is 1. The molecule has 0 bridgehead atoms. The van der Waals surface area contributed by atoms with Crippen LogP contribution in [-0.4, -0.2) is 42.3 Å². The van der Waals surface area contributed by atoms with Gasteiger partial charge in [-0.25, -0.2) is 14.8 Å². The molecule has 0 radical (unpaired) electrons. The topological polar surface area (TPSA) is 73.3 Å². The van der Waals surface area contributed by atoms with Crippen LogP contribution in [0.1, 0.15) is 29.9 Å². The maximum atomic E-state index is 12.2. The van der Waals surface area contributed by atoms with Crippen LogP contribution in [-0.2, 0) is 9.47 Å². The highest BCUT2D eigenvalue weighted by Gasteiger charge is 2.18. The summed E-state index contributed by atoms with van der Waals surface area (Å²) in [4.78, 5) is 20.8. The van der Waals surface area contributed by atoms with E-state index in [-0.39, 0.29) is 6.04 Å². The van der Waals surface area contributed by atoms with Crippen molar-refractivity contribution in [2.45, 2.75) is 26.8 Å². The number of esters is 1. The van der Waals surface area contributed by atoms with Crippen LogP contribution < -0.4 is 5.32 Å². The number of hydrogen-bond acceptors (Lipinski definition) is 6. The Bertz CT molecular complexity index is 673. The molecule has 1 atom stereocenters. The van der Waals surface area contributed by atoms with Crippen LogP contribution in [0.4, 0.5) is 5.69 Å². The number of nitrogens with zero attached hydrogens (tertiary/aromatic N) is 2. The van der Waals surface area contributed by atoms with E-state index in [0.29, 0.717) is 30.1 Å². The zero-order valence-electron chi connectivity index (χ0n) is 13.3. The first-order valence-corrected chi connectivity index (χ1v) is 7.25. The first kappa shape index (κ1) is 16.2. The lowest BCUT2D eigenvalue weighted by Gasteiger charge is -2.18. The standard InChI is InChI=1S/C16H21N3O3/c1-5-22-16(20)13-8-17-15-12(7-6-10(2)19-15)14(13)18-11(3)9-21-4/h6-8,11H,5,9H2,1-4H3,(H,17,18,19). The minimum Gasteiger partial charge on any atom is -0.462 e. The quantitative estimate of drug-likeness (QED) is 0.827. The number of fused-ring (bicyclic) bond motifs is 1. The molecule has 0 saturated carbocycles. The van der Waals surface area contributed by atoms with Crippen LogP contribution in [0.25, 0.3) is 11.0 Å². The Kier molecular flexibility index (Phi) is 5.27. The van der Waals surface area contributed by atoms with Gasteiger partial charge in [0, 0.05) is 30.4 Å². The Morgan fingerprint density at radius 1 is 1.41 bits per heavy atom. The van der Waals surface area contributed by atoms with Crippen LogP contribution in [0.3, 0.4) is 0 Å². The number of carbonyl (C=O) groups is 1. The zero-order chi connectivity index (χ0) is 16.1. The van der Waals surface area contributed by atoms with Gasteiger partial charge in [0.15, 0.2) is 5.65 Å². The molecule has 1 unspecified atom stereocenters. The summed E-state index contributed by atoms with van der Waals surface area (Å²) < 4.78 is 10.3. The normalized spacial score (nSPS) is 12.2. The maximum absolute atomic E-state index is 12.2. The smallest absolute Gasteiger partial charge is 0.341 e. The Balaban J connectivity index is 2.53. The number of aromatic nitrogens is 2. The van der Waals surface area contributed by atoms with Gasteiger partial charge in [0.1, 0.15) is 5.56 Å². The van der Waals surface area contributed by atoms with Gasteiger partial charge in [-0.3, -0.25) is 0 Å². The van der Waals surface area contributed by atoms with Crippen molar-refractivity contribution in [1.29, 1.82) is 0 Å². The molecular formula is C16H21N3O3. The molecule has 0 amide bonds. The van der Waals surface area contributed by atoms with E-state index >= 15 is 0 Å². The predicted octanol–water partition coefficient (Wildman–Crippen LogP) is 2.56. The average Bonchev–Trinajstić information content (AvgIpc) is 2.47. The van der Waals surface area contributed by atoms with Gasteiger partial charge in [0.2, 0.25) is 0 Å². The molecule has 118 valence electrons. The van der Waals surface area contributed by atoms with Gasteiger partial charge in [-0.2, -0.15) is 0 Å². The minimum absolute atomic E-state index is 0.0325. The van der Waals surface area contributed by atoms with E-state index in [1.165, 1.54) is 6.20 Å². The highest BCUT2D eigenvalue weighted by molar-refractivity contribution is 6.04. The molecule has 0 spiro atoms. The third-order valence-corrected chi connectivity index (χ3v) is 3.17. The van der Waals surface area contributed by atoms with E-state index in [1.54, 1.807) is 14.0 Å². The van der Waals surface area contributed by atoms with Crippen LogP contribution in [0, 0.1) is 6.92 Å². The van der Waals surface area contributed by atoms with Crippen LogP contribution in [0.2, 0.25) is 0 Å². The minimum atomic E-state index is -0.399. The number of ether oxygens (including phenoxy) is 2. The van der Waals surface area contributed by atoms with Gasteiger partial charge in [-0.05, 0) is 32.9 Å². The van der Waals surface area contributed by atoms with Crippen molar-refractivity contribution >= 4 is 22.7 Å². The van der Waals surface area contributed by atoms with Gasteiger partial charge in [0.25, 0.3) is 0 Å². The molecule has 2 heterocycles. The molecule has 2 aromatic rings. The molecule has 1 N–H and O–H groups in total. The van der Waals surface area contributed by atoms with Crippen LogP contribution >= 0.6 is 0 Å². The van der Waals surface area contributed by atoms with Gasteiger partial charge < -0.3 is 14.8 Å². The molecule has 0 aliphatic rings. The lowest BCUT2D eigenvalue weighted by Crippen LogP contribution is -2.23. The first-order valence-electron chi connectivity index (χ1n) is 7.25. The zero-order valence-corrected chi connectivity index (χ0v) is 13.3. The molecular weight excluding hydrogens is 282 g/mol. The van der Waals surface area contributed by atoms with Gasteiger partial charge in [-0.15, -0.1) is 0 Å². The summed E-state index contributed by atoms with van der Waals surface area (Å²) in [6.45, 7) is 6.49. The molecule has 0 fully saturated rings. The van der Waals surface area contributed by atoms with E-state index in [4.69, 9.17) is 9.47 Å². The highest BCUT2D eigenvalue weighted by Crippen LogP contribution is 2.26.